The van der Waals surface area contributed by atoms with E-state index in [9.17, 15) is 19.0 Å². The van der Waals surface area contributed by atoms with E-state index in [1.165, 1.54) is 128 Å². The van der Waals surface area contributed by atoms with Crippen LogP contribution in [-0.2, 0) is 27.9 Å². The Hall–Kier alpha value is -2.55. The third-order valence-corrected chi connectivity index (χ3v) is 14.1. The Morgan fingerprint density at radius 3 is 1.32 bits per heavy atom. The number of hydrogen-bond donors (Lipinski definition) is 2. The minimum Gasteiger partial charge on any atom is -0.456 e. The summed E-state index contributed by atoms with van der Waals surface area (Å²) in [6.45, 7) is 6.88. The number of ether oxygens (including phenoxy) is 1. The zero-order chi connectivity index (χ0) is 53.6. The molecule has 0 bridgehead atoms. The maximum absolute atomic E-state index is 13.5. The van der Waals surface area contributed by atoms with Gasteiger partial charge in [0.05, 0.1) is 33.8 Å². The van der Waals surface area contributed by atoms with E-state index < -0.39 is 20.0 Å². The van der Waals surface area contributed by atoms with Crippen molar-refractivity contribution < 1.29 is 37.3 Å². The normalized spacial score (nSPS) is 14.2. The van der Waals surface area contributed by atoms with Crippen LogP contribution < -0.4 is 5.32 Å². The monoisotopic (exact) mass is 1040 g/mol. The van der Waals surface area contributed by atoms with Crippen LogP contribution in [0.3, 0.4) is 0 Å². The fourth-order valence-electron chi connectivity index (χ4n) is 8.50. The summed E-state index contributed by atoms with van der Waals surface area (Å²) in [5.41, 5.74) is 0. The van der Waals surface area contributed by atoms with E-state index in [0.717, 1.165) is 103 Å². The highest BCUT2D eigenvalue weighted by atomic mass is 31.2. The highest BCUT2D eigenvalue weighted by molar-refractivity contribution is 7.47. The number of nitrogens with one attached hydrogen (secondary N) is 1. The third-order valence-electron chi connectivity index (χ3n) is 13.2. The van der Waals surface area contributed by atoms with Gasteiger partial charge in [-0.05, 0) is 76.7 Å². The lowest BCUT2D eigenvalue weighted by molar-refractivity contribution is -0.870. The summed E-state index contributed by atoms with van der Waals surface area (Å²) in [5.74, 6) is -0.511. The molecule has 0 aromatic rings. The molecule has 0 aliphatic heterocycles. The molecule has 73 heavy (non-hydrogen) atoms. The number of hydrogen-bond acceptors (Lipinski definition) is 6. The first-order chi connectivity index (χ1) is 35.4. The smallest absolute Gasteiger partial charge is 0.456 e. The van der Waals surface area contributed by atoms with Gasteiger partial charge < -0.3 is 19.4 Å². The largest absolute Gasteiger partial charge is 0.472 e. The molecule has 0 aromatic carbocycles. The second-order valence-electron chi connectivity index (χ2n) is 21.5. The Morgan fingerprint density at radius 1 is 0.493 bits per heavy atom. The molecule has 9 nitrogen and oxygen atoms in total. The number of amides is 1. The van der Waals surface area contributed by atoms with Crippen LogP contribution in [-0.4, -0.2) is 74.3 Å². The van der Waals surface area contributed by atoms with Crippen LogP contribution in [0.5, 0.6) is 0 Å². The molecule has 0 fully saturated rings. The Bertz CT molecular complexity index is 1480. The summed E-state index contributed by atoms with van der Waals surface area (Å²) in [5, 5.41) is 3.04. The number of quaternary nitrogens is 1. The fraction of sp³-hybridized carbons (Fsp3) is 0.778. The van der Waals surface area contributed by atoms with Crippen LogP contribution in [0.1, 0.15) is 265 Å². The second kappa shape index (κ2) is 52.9. The molecule has 0 saturated heterocycles. The molecule has 424 valence electrons. The molecular weight excluding hydrogens is 928 g/mol. The molecule has 0 heterocycles. The van der Waals surface area contributed by atoms with Crippen molar-refractivity contribution >= 4 is 19.7 Å². The predicted molar refractivity (Wildman–Crippen MR) is 314 cm³/mol. The quantitative estimate of drug-likeness (QED) is 0.0205. The predicted octanol–water partition coefficient (Wildman–Crippen LogP) is 18.4. The van der Waals surface area contributed by atoms with Gasteiger partial charge in [0.15, 0.2) is 0 Å². The molecule has 0 aliphatic carbocycles. The zero-order valence-corrected chi connectivity index (χ0v) is 49.3. The van der Waals surface area contributed by atoms with Crippen LogP contribution in [0, 0.1) is 0 Å². The van der Waals surface area contributed by atoms with Crippen molar-refractivity contribution in [2.24, 2.45) is 0 Å². The van der Waals surface area contributed by atoms with Crippen molar-refractivity contribution in [1.82, 2.24) is 5.32 Å². The van der Waals surface area contributed by atoms with E-state index >= 15 is 0 Å². The van der Waals surface area contributed by atoms with Gasteiger partial charge in [0.25, 0.3) is 0 Å². The Kier molecular flexibility index (Phi) is 51.0. The Morgan fingerprint density at radius 2 is 0.877 bits per heavy atom. The van der Waals surface area contributed by atoms with Gasteiger partial charge in [-0.25, -0.2) is 4.57 Å². The number of nitrogens with zero attached hydrogens (tertiary/aromatic N) is 1. The summed E-state index contributed by atoms with van der Waals surface area (Å²) in [4.78, 5) is 37.6. The van der Waals surface area contributed by atoms with E-state index in [1.807, 2.05) is 33.3 Å². The minimum absolute atomic E-state index is 0.0383. The van der Waals surface area contributed by atoms with Crippen molar-refractivity contribution in [3.05, 3.63) is 72.9 Å². The van der Waals surface area contributed by atoms with Gasteiger partial charge >= 0.3 is 13.8 Å². The zero-order valence-electron chi connectivity index (χ0n) is 48.4. The van der Waals surface area contributed by atoms with Crippen LogP contribution in [0.15, 0.2) is 72.9 Å². The topological polar surface area (TPSA) is 111 Å². The first-order valence-corrected chi connectivity index (χ1v) is 31.8. The highest BCUT2D eigenvalue weighted by Crippen LogP contribution is 2.43. The first kappa shape index (κ1) is 70.5. The summed E-state index contributed by atoms with van der Waals surface area (Å²) in [7, 11) is 1.49. The van der Waals surface area contributed by atoms with E-state index in [2.05, 4.69) is 86.8 Å². The number of allylic oxidation sites excluding steroid dienone is 11. The van der Waals surface area contributed by atoms with Gasteiger partial charge in [-0.2, -0.15) is 0 Å². The molecule has 3 unspecified atom stereocenters. The number of carbonyl (C=O) groups is 2. The Balaban J connectivity index is 5.10. The summed E-state index contributed by atoms with van der Waals surface area (Å²) >= 11 is 0. The summed E-state index contributed by atoms with van der Waals surface area (Å²) in [6.07, 6.45) is 67.6. The van der Waals surface area contributed by atoms with Crippen molar-refractivity contribution in [3.8, 4) is 0 Å². The molecule has 0 spiro atoms. The number of carbonyl (C=O) groups excluding carboxylic acids is 2. The maximum atomic E-state index is 13.5. The van der Waals surface area contributed by atoms with Crippen LogP contribution in [0.2, 0.25) is 0 Å². The van der Waals surface area contributed by atoms with Gasteiger partial charge in [-0.1, -0.05) is 248 Å². The number of esters is 1. The minimum atomic E-state index is -4.44. The lowest BCUT2D eigenvalue weighted by atomic mass is 10.0. The van der Waals surface area contributed by atoms with Gasteiger partial charge in [-0.15, -0.1) is 0 Å². The van der Waals surface area contributed by atoms with Crippen molar-refractivity contribution in [1.29, 1.82) is 0 Å². The van der Waals surface area contributed by atoms with Crippen molar-refractivity contribution in [2.75, 3.05) is 40.9 Å². The summed E-state index contributed by atoms with van der Waals surface area (Å²) < 4.78 is 30.6. The summed E-state index contributed by atoms with van der Waals surface area (Å²) in [6, 6.07) is -0.849. The van der Waals surface area contributed by atoms with E-state index in [4.69, 9.17) is 13.8 Å². The lowest BCUT2D eigenvalue weighted by Crippen LogP contribution is -2.47. The van der Waals surface area contributed by atoms with Crippen molar-refractivity contribution in [2.45, 2.75) is 277 Å². The number of likely N-dealkylation sites (N-methyl/N-ethyl adjacent to an activating group) is 1. The molecule has 0 rings (SSSR count). The van der Waals surface area contributed by atoms with Crippen LogP contribution in [0.4, 0.5) is 0 Å². The van der Waals surface area contributed by atoms with Crippen LogP contribution >= 0.6 is 7.82 Å². The van der Waals surface area contributed by atoms with E-state index in [0.29, 0.717) is 17.4 Å². The average molecular weight is 1040 g/mol. The number of phosphoric acid groups is 1. The maximum Gasteiger partial charge on any atom is 0.472 e. The van der Waals surface area contributed by atoms with Crippen molar-refractivity contribution in [3.63, 3.8) is 0 Å². The SMILES string of the molecule is CC/C=C\C/C=C\C/C=C\C/C=C\C/C=C\CCCCCCCCCCCC(=O)OC(/C=C\CCCCCCCCCCC)C(COP(=O)(O)OCC[N+](C)(C)C)NC(=O)CCCCCCCCCCCCC. The van der Waals surface area contributed by atoms with Gasteiger partial charge in [-0.3, -0.25) is 18.6 Å². The number of rotatable bonds is 54. The van der Waals surface area contributed by atoms with E-state index in [-0.39, 0.29) is 31.5 Å². The molecule has 0 saturated carbocycles. The van der Waals surface area contributed by atoms with Gasteiger partial charge in [0.1, 0.15) is 19.3 Å². The number of unbranched alkanes of at least 4 members (excludes halogenated alkanes) is 28. The third kappa shape index (κ3) is 54.1. The molecule has 10 heteroatoms. The second-order valence-corrected chi connectivity index (χ2v) is 23.0. The average Bonchev–Trinajstić information content (AvgIpc) is 3.35. The molecule has 0 aliphatic rings. The fourth-order valence-corrected chi connectivity index (χ4v) is 9.23. The molecular formula is C63H116N2O7P+. The molecule has 2 N–H and O–H groups in total. The van der Waals surface area contributed by atoms with Gasteiger partial charge in [0.2, 0.25) is 5.91 Å². The standard InChI is InChI=1S/C63H115N2O7P/c1-7-10-13-16-19-22-25-26-27-28-29-30-31-32-33-34-35-36-37-38-41-44-47-50-53-56-63(67)72-61(54-51-48-45-42-39-23-20-17-14-11-8-2)60(59-71-73(68,69)70-58-57-65(4,5)6)64-62(66)55-52-49-46-43-40-24-21-18-15-12-9-3/h10,13,19,22,26-27,29-30,32-33,51,54,60-61H,7-9,11-12,14-18,20-21,23-25,28,31,34-50,52-53,55-59H2,1-6H3,(H-,64,66,68,69)/p+1/b13-10-,22-19-,27-26-,30-29-,33-32-,54-51-. The molecule has 3 atom stereocenters. The molecule has 0 aromatic heterocycles. The number of phosphoric ester groups is 1. The van der Waals surface area contributed by atoms with Crippen LogP contribution in [0.25, 0.3) is 0 Å². The lowest BCUT2D eigenvalue weighted by Gasteiger charge is -2.27. The molecule has 0 radical (unpaired) electrons. The van der Waals surface area contributed by atoms with E-state index in [1.54, 1.807) is 0 Å². The first-order valence-electron chi connectivity index (χ1n) is 30.3. The van der Waals surface area contributed by atoms with Gasteiger partial charge in [0, 0.05) is 12.8 Å². The molecule has 1 amide bonds. The highest BCUT2D eigenvalue weighted by Gasteiger charge is 2.30. The Labute approximate surface area is 451 Å².